The van der Waals surface area contributed by atoms with Gasteiger partial charge < -0.3 is 64.8 Å². The molecule has 4 heterocycles. The van der Waals surface area contributed by atoms with E-state index < -0.39 is 235 Å². The van der Waals surface area contributed by atoms with Gasteiger partial charge in [0.2, 0.25) is 77.3 Å². The molecule has 6 aliphatic rings. The van der Waals surface area contributed by atoms with Gasteiger partial charge in [-0.25, -0.2) is 17.6 Å². The molecule has 110 heavy (non-hydrogen) atoms. The minimum absolute atomic E-state index is 0.0112. The molecule has 0 radical (unpaired) electrons. The smallest absolute Gasteiger partial charge is 0.377 e. The monoisotopic (exact) mass is 1570 g/mol. The standard InChI is InChI=1S/C75H100F10N12O13/c1-10-43(3)62-70(107)90(5)42-60(100)91(6)52-22-13-12-16-33-96(69(52)106)56(36-44-23-26-47(27-24-44)74(80,81)82)67(104)89(4)41-58(98)86-51(28-25-45-34-49(76)61(50(77)35-45)75(83,84)85)66(103)97-40-48(110-11-2)37-54(97)65(102)88-73(29-19-30-73)72(109)94(9)63(46-20-14-15-21-46)71(108)93(8)55(68(105)95-31-17-18-32-95)39-59(99)92(7)53(38-57(78)79)64(101)87-62/h12-13,23-24,26-27,34-35,43,46,48,51-57,62-63H,10-11,14-22,25,28-33,36-42H2,1-9H3,(H,86,98)(H,87,101)(H,88,102)/b13-12-/t43-,48+,51-,52+,53-,54-,55-,56-,62-,63-/m0/s1. The van der Waals surface area contributed by atoms with E-state index in [0.717, 1.165) is 67.8 Å². The van der Waals surface area contributed by atoms with Gasteiger partial charge in [0.25, 0.3) is 0 Å². The Hall–Kier alpha value is -8.92. The highest BCUT2D eigenvalue weighted by molar-refractivity contribution is 6.01. The van der Waals surface area contributed by atoms with Crippen LogP contribution in [0.2, 0.25) is 0 Å². The number of alkyl halides is 8. The van der Waals surface area contributed by atoms with Crippen LogP contribution < -0.4 is 16.0 Å². The largest absolute Gasteiger partial charge is 0.422 e. The van der Waals surface area contributed by atoms with E-state index in [1.165, 1.54) is 38.0 Å². The molecule has 4 aliphatic heterocycles. The van der Waals surface area contributed by atoms with Gasteiger partial charge >= 0.3 is 12.4 Å². The molecular formula is C75H100F10N12O13. The minimum atomic E-state index is -5.47. The van der Waals surface area contributed by atoms with Crippen molar-refractivity contribution in [2.24, 2.45) is 11.8 Å². The quantitative estimate of drug-likeness (QED) is 0.156. The molecule has 5 fully saturated rings. The molecule has 12 amide bonds. The first-order valence-electron chi connectivity index (χ1n) is 37.4. The second-order valence-electron chi connectivity index (χ2n) is 29.8. The molecule has 0 unspecified atom stereocenters. The zero-order chi connectivity index (χ0) is 81.2. The summed E-state index contributed by atoms with van der Waals surface area (Å²) in [6, 6.07) is -8.84. The van der Waals surface area contributed by atoms with Crippen molar-refractivity contribution in [1.29, 1.82) is 0 Å². The second-order valence-corrected chi connectivity index (χ2v) is 29.8. The van der Waals surface area contributed by atoms with Gasteiger partial charge in [0.1, 0.15) is 71.1 Å². The Morgan fingerprint density at radius 3 is 1.85 bits per heavy atom. The Bertz CT molecular complexity index is 3720. The number of fused-ring (bicyclic) bond motifs is 3. The van der Waals surface area contributed by atoms with Gasteiger partial charge in [0.05, 0.1) is 31.2 Å². The van der Waals surface area contributed by atoms with Crippen LogP contribution in [0.15, 0.2) is 48.6 Å². The molecule has 2 aromatic rings. The number of amides is 12. The molecule has 0 aromatic heterocycles. The fourth-order valence-corrected chi connectivity index (χ4v) is 15.6. The van der Waals surface area contributed by atoms with E-state index in [0.29, 0.717) is 62.0 Å². The molecule has 2 bridgehead atoms. The molecule has 608 valence electrons. The van der Waals surface area contributed by atoms with Crippen LogP contribution in [0, 0.1) is 23.5 Å². The SMILES string of the molecule is CCO[C@@H]1C[C@H]2C(=O)NC3(CCC3)C(=O)N(C)[C@@H](C3CCCC3)C(=O)N(C)[C@H](C(=O)N3CCCC3)CC(=O)N(C)[C@@H](CC(F)F)C(=O)N[C@@H]([C@@H](C)CC)C(=O)N(C)CC(=O)N(C)[C@@H]3C/C=C\CCN(C3=O)[C@@H](Cc3ccc(C(F)(F)F)cc3)C(=O)N(C)CC(=O)N[C@@H](CCc3cc(F)c(C(F)(F)F)c(F)c3)C(=O)N2C1. The number of hydrogen-bond acceptors (Lipinski definition) is 13. The zero-order valence-electron chi connectivity index (χ0n) is 63.3. The fourth-order valence-electron chi connectivity index (χ4n) is 15.6. The summed E-state index contributed by atoms with van der Waals surface area (Å²) >= 11 is 0. The molecule has 3 N–H and O–H groups in total. The Labute approximate surface area is 632 Å². The van der Waals surface area contributed by atoms with Gasteiger partial charge in [0, 0.05) is 94.3 Å². The van der Waals surface area contributed by atoms with Crippen molar-refractivity contribution in [3.8, 4) is 0 Å². The lowest BCUT2D eigenvalue weighted by Crippen LogP contribution is -2.68. The van der Waals surface area contributed by atoms with Gasteiger partial charge in [-0.15, -0.1) is 0 Å². The predicted molar refractivity (Wildman–Crippen MR) is 377 cm³/mol. The molecule has 2 aliphatic carbocycles. The van der Waals surface area contributed by atoms with Crippen molar-refractivity contribution in [1.82, 2.24) is 60.0 Å². The molecule has 3 saturated heterocycles. The van der Waals surface area contributed by atoms with Crippen LogP contribution in [0.4, 0.5) is 43.9 Å². The van der Waals surface area contributed by atoms with Crippen LogP contribution >= 0.6 is 0 Å². The van der Waals surface area contributed by atoms with Crippen LogP contribution in [0.5, 0.6) is 0 Å². The van der Waals surface area contributed by atoms with Crippen LogP contribution in [0.3, 0.4) is 0 Å². The van der Waals surface area contributed by atoms with Gasteiger partial charge in [-0.05, 0) is 125 Å². The first-order valence-corrected chi connectivity index (χ1v) is 37.4. The zero-order valence-corrected chi connectivity index (χ0v) is 63.3. The third-order valence-electron chi connectivity index (χ3n) is 22.4. The molecular weight excluding hydrogens is 1470 g/mol. The third kappa shape index (κ3) is 20.4. The first kappa shape index (κ1) is 86.7. The molecule has 2 saturated carbocycles. The number of nitrogens with one attached hydrogen (secondary N) is 3. The maximum Gasteiger partial charge on any atom is 0.422 e. The Morgan fingerprint density at radius 2 is 1.27 bits per heavy atom. The summed E-state index contributed by atoms with van der Waals surface area (Å²) in [5, 5.41) is 7.91. The highest BCUT2D eigenvalue weighted by atomic mass is 19.4. The number of carbonyl (C=O) groups excluding carboxylic acids is 12. The minimum Gasteiger partial charge on any atom is -0.377 e. The van der Waals surface area contributed by atoms with Gasteiger partial charge in [-0.1, -0.05) is 57.4 Å². The van der Waals surface area contributed by atoms with Crippen LogP contribution in [0.1, 0.15) is 146 Å². The molecule has 1 spiro atoms. The lowest BCUT2D eigenvalue weighted by atomic mass is 9.74. The highest BCUT2D eigenvalue weighted by Gasteiger charge is 2.54. The normalized spacial score (nSPS) is 26.6. The van der Waals surface area contributed by atoms with Crippen molar-refractivity contribution in [3.63, 3.8) is 0 Å². The van der Waals surface area contributed by atoms with Crippen LogP contribution in [-0.4, -0.2) is 270 Å². The number of ether oxygens (including phenoxy) is 1. The fraction of sp³-hybridized carbons (Fsp3) is 0.653. The highest BCUT2D eigenvalue weighted by Crippen LogP contribution is 2.40. The van der Waals surface area contributed by atoms with Crippen molar-refractivity contribution in [2.75, 3.05) is 88.2 Å². The Balaban J connectivity index is 1.23. The molecule has 35 heteroatoms. The molecule has 25 nitrogen and oxygen atoms in total. The number of nitrogens with zero attached hydrogens (tertiary/aromatic N) is 9. The average Bonchev–Trinajstić information content (AvgIpc) is 1.20. The second kappa shape index (κ2) is 36.9. The number of benzene rings is 2. The third-order valence-corrected chi connectivity index (χ3v) is 22.4. The number of likely N-dealkylation sites (tertiary alicyclic amines) is 1. The Morgan fingerprint density at radius 1 is 0.645 bits per heavy atom. The molecule has 8 rings (SSSR count). The number of aryl methyl sites for hydroxylation is 1. The van der Waals surface area contributed by atoms with E-state index in [4.69, 9.17) is 4.74 Å². The summed E-state index contributed by atoms with van der Waals surface area (Å²) in [6.45, 7) is 2.83. The topological polar surface area (TPSA) is 279 Å². The van der Waals surface area contributed by atoms with Gasteiger partial charge in [-0.2, -0.15) is 26.3 Å². The first-order chi connectivity index (χ1) is 51.7. The Kier molecular flexibility index (Phi) is 29.1. The lowest BCUT2D eigenvalue weighted by molar-refractivity contribution is -0.158. The van der Waals surface area contributed by atoms with Crippen LogP contribution in [-0.2, 0) is 87.5 Å². The number of halogens is 10. The molecule has 2 aromatic carbocycles. The van der Waals surface area contributed by atoms with Gasteiger partial charge in [0.15, 0.2) is 0 Å². The maximum atomic E-state index is 15.6. The number of likely N-dealkylation sites (N-methyl/N-ethyl adjacent to an activating group) is 6. The summed E-state index contributed by atoms with van der Waals surface area (Å²) < 4.78 is 150. The van der Waals surface area contributed by atoms with Crippen molar-refractivity contribution < 1.29 is 106 Å². The number of carbonyl (C=O) groups is 12. The molecule has 10 atom stereocenters. The van der Waals surface area contributed by atoms with E-state index in [1.54, 1.807) is 32.9 Å². The van der Waals surface area contributed by atoms with E-state index in [1.807, 2.05) is 0 Å². The predicted octanol–water partition coefficient (Wildman–Crippen LogP) is 5.88. The lowest BCUT2D eigenvalue weighted by Gasteiger charge is -2.46. The van der Waals surface area contributed by atoms with Crippen molar-refractivity contribution in [3.05, 3.63) is 82.4 Å². The van der Waals surface area contributed by atoms with E-state index >= 15 is 37.5 Å². The number of rotatable bonds is 13. The summed E-state index contributed by atoms with van der Waals surface area (Å²) in [4.78, 5) is 190. The van der Waals surface area contributed by atoms with Crippen molar-refractivity contribution >= 4 is 70.9 Å². The summed E-state index contributed by atoms with van der Waals surface area (Å²) in [7, 11) is 7.18. The summed E-state index contributed by atoms with van der Waals surface area (Å²) in [6.07, 6.45) is -12.0. The van der Waals surface area contributed by atoms with Crippen LogP contribution in [0.25, 0.3) is 0 Å². The van der Waals surface area contributed by atoms with E-state index in [2.05, 4.69) is 16.0 Å². The maximum absolute atomic E-state index is 15.6. The van der Waals surface area contributed by atoms with E-state index in [-0.39, 0.29) is 76.9 Å². The summed E-state index contributed by atoms with van der Waals surface area (Å²) in [5.41, 5.74) is -5.40. The van der Waals surface area contributed by atoms with Gasteiger partial charge in [-0.3, -0.25) is 57.5 Å². The summed E-state index contributed by atoms with van der Waals surface area (Å²) in [5.74, 6) is -16.8. The van der Waals surface area contributed by atoms with Crippen molar-refractivity contribution in [2.45, 2.75) is 215 Å². The average molecular weight is 1570 g/mol. The number of hydrogen-bond donors (Lipinski definition) is 3. The van der Waals surface area contributed by atoms with E-state index in [9.17, 15) is 63.9 Å².